The summed E-state index contributed by atoms with van der Waals surface area (Å²) in [5.74, 6) is 0.467. The average molecular weight is 340 g/mol. The van der Waals surface area contributed by atoms with E-state index in [2.05, 4.69) is 107 Å². The molecule has 2 aromatic rings. The summed E-state index contributed by atoms with van der Waals surface area (Å²) >= 11 is 3.58. The summed E-state index contributed by atoms with van der Waals surface area (Å²) < 4.78 is 1.10. The van der Waals surface area contributed by atoms with Crippen molar-refractivity contribution < 1.29 is 0 Å². The molecule has 3 rings (SSSR count). The Morgan fingerprint density at radius 1 is 0.857 bits per heavy atom. The van der Waals surface area contributed by atoms with E-state index in [-0.39, 0.29) is 0 Å². The summed E-state index contributed by atoms with van der Waals surface area (Å²) in [4.78, 5) is 2.40. The summed E-state index contributed by atoms with van der Waals surface area (Å²) in [5, 5.41) is 0. The van der Waals surface area contributed by atoms with Crippen LogP contribution in [0.1, 0.15) is 6.92 Å². The molecule has 0 radical (unpaired) electrons. The van der Waals surface area contributed by atoms with Gasteiger partial charge >= 0.3 is 0 Å². The zero-order valence-corrected chi connectivity index (χ0v) is 13.6. The van der Waals surface area contributed by atoms with Gasteiger partial charge in [0.15, 0.2) is 0 Å². The van der Waals surface area contributed by atoms with E-state index in [1.165, 1.54) is 11.4 Å². The third-order valence-corrected chi connectivity index (χ3v) is 4.28. The van der Waals surface area contributed by atoms with Crippen LogP contribution in [-0.4, -0.2) is 6.04 Å². The zero-order chi connectivity index (χ0) is 14.7. The summed E-state index contributed by atoms with van der Waals surface area (Å²) in [6.45, 7) is 2.26. The Kier molecular flexibility index (Phi) is 4.26. The summed E-state index contributed by atoms with van der Waals surface area (Å²) in [7, 11) is 0. The molecule has 1 nitrogen and oxygen atoms in total. The van der Waals surface area contributed by atoms with Gasteiger partial charge in [0.25, 0.3) is 0 Å². The van der Waals surface area contributed by atoms with Crippen LogP contribution in [0.3, 0.4) is 0 Å². The van der Waals surface area contributed by atoms with Crippen LogP contribution >= 0.6 is 15.9 Å². The largest absolute Gasteiger partial charge is 0.334 e. The minimum Gasteiger partial charge on any atom is -0.334 e. The van der Waals surface area contributed by atoms with Crippen LogP contribution in [0.2, 0.25) is 0 Å². The Hall–Kier alpha value is -1.80. The molecule has 1 unspecified atom stereocenters. The van der Waals surface area contributed by atoms with Crippen molar-refractivity contribution in [2.45, 2.75) is 13.0 Å². The molecule has 1 aliphatic carbocycles. The molecule has 0 saturated heterocycles. The quantitative estimate of drug-likeness (QED) is 0.691. The van der Waals surface area contributed by atoms with E-state index in [4.69, 9.17) is 0 Å². The first-order chi connectivity index (χ1) is 10.3. The monoisotopic (exact) mass is 339 g/mol. The molecule has 1 aliphatic rings. The maximum Gasteiger partial charge on any atom is 0.0585 e. The van der Waals surface area contributed by atoms with Gasteiger partial charge in [-0.1, -0.05) is 71.4 Å². The van der Waals surface area contributed by atoms with Gasteiger partial charge in [-0.3, -0.25) is 0 Å². The van der Waals surface area contributed by atoms with E-state index in [0.717, 1.165) is 4.47 Å². The number of benzene rings is 2. The molecule has 0 saturated carbocycles. The van der Waals surface area contributed by atoms with Crippen LogP contribution < -0.4 is 4.90 Å². The van der Waals surface area contributed by atoms with Gasteiger partial charge in [0.1, 0.15) is 0 Å². The van der Waals surface area contributed by atoms with Gasteiger partial charge in [-0.15, -0.1) is 0 Å². The van der Waals surface area contributed by atoms with Crippen molar-refractivity contribution in [1.29, 1.82) is 0 Å². The van der Waals surface area contributed by atoms with Crippen LogP contribution in [0.4, 0.5) is 11.4 Å². The third-order valence-electron chi connectivity index (χ3n) is 3.79. The number of allylic oxidation sites excluding steroid dienone is 2. The predicted octanol–water partition coefficient (Wildman–Crippen LogP) is 5.72. The number of hydrogen-bond donors (Lipinski definition) is 0. The molecule has 0 amide bonds. The number of nitrogens with zero attached hydrogens (tertiary/aromatic N) is 1. The van der Waals surface area contributed by atoms with E-state index >= 15 is 0 Å². The minimum absolute atomic E-state index is 0.326. The van der Waals surface area contributed by atoms with Crippen molar-refractivity contribution in [3.8, 4) is 0 Å². The minimum atomic E-state index is 0.326. The molecule has 0 aromatic heterocycles. The van der Waals surface area contributed by atoms with E-state index < -0.39 is 0 Å². The fourth-order valence-electron chi connectivity index (χ4n) is 2.74. The van der Waals surface area contributed by atoms with Crippen molar-refractivity contribution in [3.63, 3.8) is 0 Å². The Balaban J connectivity index is 2.07. The SMILES string of the molecule is C[C@@H]1C=CC=CC1N(c1ccccc1)c1cccc(Br)c1. The van der Waals surface area contributed by atoms with Gasteiger partial charge in [-0.25, -0.2) is 0 Å². The van der Waals surface area contributed by atoms with Crippen LogP contribution in [-0.2, 0) is 0 Å². The van der Waals surface area contributed by atoms with Gasteiger partial charge < -0.3 is 4.90 Å². The number of para-hydroxylation sites is 1. The van der Waals surface area contributed by atoms with E-state index in [1.54, 1.807) is 0 Å². The van der Waals surface area contributed by atoms with Crippen LogP contribution in [0, 0.1) is 5.92 Å². The number of halogens is 1. The van der Waals surface area contributed by atoms with Crippen molar-refractivity contribution in [3.05, 3.63) is 83.4 Å². The standard InChI is InChI=1S/C19H18BrN/c1-15-8-5-6-13-19(15)21(17-10-3-2-4-11-17)18-12-7-9-16(20)14-18/h2-15,19H,1H3/t15-,19?/m1/s1. The van der Waals surface area contributed by atoms with Gasteiger partial charge in [0.05, 0.1) is 6.04 Å². The molecule has 2 aromatic carbocycles. The van der Waals surface area contributed by atoms with Gasteiger partial charge in [0, 0.05) is 15.8 Å². The fraction of sp³-hybridized carbons (Fsp3) is 0.158. The lowest BCUT2D eigenvalue weighted by atomic mass is 9.94. The molecular weight excluding hydrogens is 322 g/mol. The highest BCUT2D eigenvalue weighted by molar-refractivity contribution is 9.10. The van der Waals surface area contributed by atoms with Crippen LogP contribution in [0.15, 0.2) is 83.4 Å². The van der Waals surface area contributed by atoms with Crippen LogP contribution in [0.25, 0.3) is 0 Å². The molecule has 21 heavy (non-hydrogen) atoms. The molecule has 2 atom stereocenters. The molecule has 106 valence electrons. The van der Waals surface area contributed by atoms with Crippen LogP contribution in [0.5, 0.6) is 0 Å². The average Bonchev–Trinajstić information content (AvgIpc) is 2.51. The van der Waals surface area contributed by atoms with Crippen molar-refractivity contribution in [2.75, 3.05) is 4.90 Å². The van der Waals surface area contributed by atoms with Crippen molar-refractivity contribution in [2.24, 2.45) is 5.92 Å². The van der Waals surface area contributed by atoms with Gasteiger partial charge in [-0.05, 0) is 36.2 Å². The molecule has 2 heteroatoms. The Bertz CT molecular complexity index is 660. The van der Waals surface area contributed by atoms with E-state index in [0.29, 0.717) is 12.0 Å². The first-order valence-corrected chi connectivity index (χ1v) is 8.00. The summed E-state index contributed by atoms with van der Waals surface area (Å²) in [6.07, 6.45) is 8.81. The molecule has 0 bridgehead atoms. The normalized spacial score (nSPS) is 20.5. The Morgan fingerprint density at radius 2 is 1.57 bits per heavy atom. The zero-order valence-electron chi connectivity index (χ0n) is 12.0. The maximum atomic E-state index is 3.58. The molecule has 0 heterocycles. The smallest absolute Gasteiger partial charge is 0.0585 e. The van der Waals surface area contributed by atoms with Crippen molar-refractivity contribution >= 4 is 27.3 Å². The predicted molar refractivity (Wildman–Crippen MR) is 94.0 cm³/mol. The maximum absolute atomic E-state index is 3.58. The summed E-state index contributed by atoms with van der Waals surface area (Å²) in [6, 6.07) is 19.4. The fourth-order valence-corrected chi connectivity index (χ4v) is 3.12. The Labute approximate surface area is 134 Å². The second-order valence-electron chi connectivity index (χ2n) is 5.30. The molecule has 0 fully saturated rings. The number of rotatable bonds is 3. The van der Waals surface area contributed by atoms with E-state index in [1.807, 2.05) is 0 Å². The first kappa shape index (κ1) is 14.2. The second-order valence-corrected chi connectivity index (χ2v) is 6.22. The number of hydrogen-bond acceptors (Lipinski definition) is 1. The highest BCUT2D eigenvalue weighted by atomic mass is 79.9. The number of anilines is 2. The first-order valence-electron chi connectivity index (χ1n) is 7.20. The topological polar surface area (TPSA) is 3.24 Å². The highest BCUT2D eigenvalue weighted by Gasteiger charge is 2.23. The lowest BCUT2D eigenvalue weighted by Gasteiger charge is -2.36. The highest BCUT2D eigenvalue weighted by Crippen LogP contribution is 2.33. The van der Waals surface area contributed by atoms with Crippen molar-refractivity contribution in [1.82, 2.24) is 0 Å². The molecule has 0 spiro atoms. The second kappa shape index (κ2) is 6.31. The van der Waals surface area contributed by atoms with E-state index in [9.17, 15) is 0 Å². The summed E-state index contributed by atoms with van der Waals surface area (Å²) in [5.41, 5.74) is 2.42. The third kappa shape index (κ3) is 3.11. The molecular formula is C19H18BrN. The molecule has 0 N–H and O–H groups in total. The van der Waals surface area contributed by atoms with Gasteiger partial charge in [0.2, 0.25) is 0 Å². The lowest BCUT2D eigenvalue weighted by Crippen LogP contribution is -2.35. The molecule has 0 aliphatic heterocycles. The van der Waals surface area contributed by atoms with Gasteiger partial charge in [-0.2, -0.15) is 0 Å². The Morgan fingerprint density at radius 3 is 2.29 bits per heavy atom. The lowest BCUT2D eigenvalue weighted by molar-refractivity contribution is 0.609.